The quantitative estimate of drug-likeness (QED) is 0.807. The van der Waals surface area contributed by atoms with Crippen molar-refractivity contribution < 1.29 is 14.3 Å². The molecule has 31 heavy (non-hydrogen) atoms. The van der Waals surface area contributed by atoms with Crippen LogP contribution in [0.5, 0.6) is 11.5 Å². The first-order valence-electron chi connectivity index (χ1n) is 10.9. The van der Waals surface area contributed by atoms with Gasteiger partial charge in [-0.05, 0) is 54.7 Å². The number of hydrogen-bond acceptors (Lipinski definition) is 5. The lowest BCUT2D eigenvalue weighted by atomic mass is 9.85. The number of benzene rings is 2. The number of anilines is 1. The number of carbonyl (C=O) groups excluding carboxylic acids is 1. The highest BCUT2D eigenvalue weighted by atomic mass is 16.5. The average Bonchev–Trinajstić information content (AvgIpc) is 3.34. The van der Waals surface area contributed by atoms with Gasteiger partial charge in [0.2, 0.25) is 5.91 Å². The molecule has 3 aliphatic rings. The van der Waals surface area contributed by atoms with Crippen LogP contribution in [0.1, 0.15) is 24.0 Å². The van der Waals surface area contributed by atoms with Crippen molar-refractivity contribution in [2.24, 2.45) is 0 Å². The summed E-state index contributed by atoms with van der Waals surface area (Å²) >= 11 is 0. The first-order valence-corrected chi connectivity index (χ1v) is 10.9. The molecule has 2 fully saturated rings. The lowest BCUT2D eigenvalue weighted by Gasteiger charge is -2.43. The Kier molecular flexibility index (Phi) is 5.10. The lowest BCUT2D eigenvalue weighted by molar-refractivity contribution is -0.125. The number of amides is 1. The number of likely N-dealkylation sites (tertiary alicyclic amines) is 1. The van der Waals surface area contributed by atoms with Crippen molar-refractivity contribution >= 4 is 17.7 Å². The number of rotatable bonds is 5. The van der Waals surface area contributed by atoms with E-state index in [0.29, 0.717) is 6.67 Å². The second-order valence-electron chi connectivity index (χ2n) is 8.62. The number of ether oxygens (including phenoxy) is 2. The molecule has 1 spiro atoms. The second kappa shape index (κ2) is 7.93. The van der Waals surface area contributed by atoms with Gasteiger partial charge in [-0.2, -0.15) is 0 Å². The fourth-order valence-corrected chi connectivity index (χ4v) is 5.24. The van der Waals surface area contributed by atoms with Crippen LogP contribution in [0.3, 0.4) is 0 Å². The van der Waals surface area contributed by atoms with Crippen molar-refractivity contribution in [3.05, 3.63) is 59.2 Å². The maximum atomic E-state index is 12.8. The largest absolute Gasteiger partial charge is 0.493 e. The smallest absolute Gasteiger partial charge is 0.247 e. The van der Waals surface area contributed by atoms with Gasteiger partial charge in [0, 0.05) is 25.3 Å². The zero-order valence-corrected chi connectivity index (χ0v) is 18.2. The average molecular weight is 420 g/mol. The Balaban J connectivity index is 1.26. The fraction of sp³-hybridized carbons (Fsp3) is 0.400. The number of piperidine rings is 1. The van der Waals surface area contributed by atoms with Crippen molar-refractivity contribution in [2.75, 3.05) is 45.4 Å². The minimum atomic E-state index is -0.425. The Morgan fingerprint density at radius 3 is 2.45 bits per heavy atom. The Hall–Kier alpha value is -2.99. The second-order valence-corrected chi connectivity index (χ2v) is 8.62. The van der Waals surface area contributed by atoms with Crippen molar-refractivity contribution in [3.63, 3.8) is 0 Å². The predicted octanol–water partition coefficient (Wildman–Crippen LogP) is 3.07. The Labute approximate surface area is 183 Å². The molecule has 6 nitrogen and oxygen atoms in total. The predicted molar refractivity (Wildman–Crippen MR) is 122 cm³/mol. The highest BCUT2D eigenvalue weighted by Gasteiger charge is 2.50. The first kappa shape index (κ1) is 19.9. The van der Waals surface area contributed by atoms with Crippen molar-refractivity contribution in [1.82, 2.24) is 10.2 Å². The summed E-state index contributed by atoms with van der Waals surface area (Å²) in [6, 6.07) is 14.4. The third-order valence-corrected chi connectivity index (χ3v) is 6.94. The lowest BCUT2D eigenvalue weighted by Crippen LogP contribution is -2.56. The number of nitrogens with one attached hydrogen (secondary N) is 1. The fourth-order valence-electron chi connectivity index (χ4n) is 5.24. The molecule has 1 N–H and O–H groups in total. The van der Waals surface area contributed by atoms with Gasteiger partial charge in [-0.3, -0.25) is 9.69 Å². The Bertz CT molecular complexity index is 1010. The summed E-state index contributed by atoms with van der Waals surface area (Å²) in [5.41, 5.74) is 4.59. The molecule has 2 aliphatic heterocycles. The van der Waals surface area contributed by atoms with E-state index in [9.17, 15) is 4.79 Å². The first-order chi connectivity index (χ1) is 15.1. The topological polar surface area (TPSA) is 54.0 Å². The van der Waals surface area contributed by atoms with Crippen LogP contribution < -0.4 is 19.7 Å². The molecule has 2 heterocycles. The zero-order chi connectivity index (χ0) is 21.4. The minimum Gasteiger partial charge on any atom is -0.493 e. The van der Waals surface area contributed by atoms with Gasteiger partial charge >= 0.3 is 0 Å². The van der Waals surface area contributed by atoms with Crippen molar-refractivity contribution in [2.45, 2.75) is 24.8 Å². The van der Waals surface area contributed by atoms with E-state index in [1.54, 1.807) is 14.2 Å². The summed E-state index contributed by atoms with van der Waals surface area (Å²) in [7, 11) is 3.35. The molecule has 5 rings (SSSR count). The minimum absolute atomic E-state index is 0.169. The number of nitrogens with zero attached hydrogens (tertiary/aromatic N) is 2. The van der Waals surface area contributed by atoms with Crippen molar-refractivity contribution in [3.8, 4) is 11.5 Å². The third kappa shape index (κ3) is 3.45. The summed E-state index contributed by atoms with van der Waals surface area (Å²) in [6.07, 6.45) is 4.90. The van der Waals surface area contributed by atoms with Gasteiger partial charge in [0.1, 0.15) is 5.54 Å². The highest BCUT2D eigenvalue weighted by Crippen LogP contribution is 2.38. The molecule has 0 unspecified atom stereocenters. The van der Waals surface area contributed by atoms with Gasteiger partial charge in [0.15, 0.2) is 11.5 Å². The maximum Gasteiger partial charge on any atom is 0.247 e. The Morgan fingerprint density at radius 2 is 1.74 bits per heavy atom. The summed E-state index contributed by atoms with van der Waals surface area (Å²) < 4.78 is 10.9. The third-order valence-electron chi connectivity index (χ3n) is 6.94. The Morgan fingerprint density at radius 1 is 1.03 bits per heavy atom. The normalized spacial score (nSPS) is 19.9. The molecule has 0 radical (unpaired) electrons. The molecule has 0 atom stereocenters. The van der Waals surface area contributed by atoms with Gasteiger partial charge in [0.05, 0.1) is 20.9 Å². The molecular weight excluding hydrogens is 390 g/mol. The number of methoxy groups -OCH3 is 2. The van der Waals surface area contributed by atoms with Crippen LogP contribution in [0.15, 0.2) is 48.0 Å². The van der Waals surface area contributed by atoms with E-state index >= 15 is 0 Å². The molecule has 0 bridgehead atoms. The molecular formula is C25H29N3O3. The van der Waals surface area contributed by atoms with Crippen molar-refractivity contribution in [1.29, 1.82) is 0 Å². The SMILES string of the molecule is COc1cc2c(cc1OC)CC(CN1CCC3(CC1)C(=O)NCN3c1ccccc1)=C2. The molecule has 1 amide bonds. The monoisotopic (exact) mass is 419 g/mol. The van der Waals surface area contributed by atoms with Gasteiger partial charge in [0.25, 0.3) is 0 Å². The summed E-state index contributed by atoms with van der Waals surface area (Å²) in [5, 5.41) is 3.08. The number of carbonyl (C=O) groups is 1. The van der Waals surface area contributed by atoms with Crippen LogP contribution in [-0.4, -0.2) is 56.9 Å². The summed E-state index contributed by atoms with van der Waals surface area (Å²) in [4.78, 5) is 17.6. The van der Waals surface area contributed by atoms with E-state index in [-0.39, 0.29) is 5.91 Å². The van der Waals surface area contributed by atoms with E-state index in [1.165, 1.54) is 16.7 Å². The van der Waals surface area contributed by atoms with E-state index in [0.717, 1.165) is 56.1 Å². The molecule has 2 aromatic rings. The van der Waals surface area contributed by atoms with E-state index in [2.05, 4.69) is 45.5 Å². The van der Waals surface area contributed by atoms with Gasteiger partial charge in [-0.15, -0.1) is 0 Å². The summed E-state index contributed by atoms with van der Waals surface area (Å²) in [5.74, 6) is 1.72. The molecule has 0 saturated carbocycles. The van der Waals surface area contributed by atoms with Crippen LogP contribution in [0.25, 0.3) is 6.08 Å². The van der Waals surface area contributed by atoms with Crippen LogP contribution in [0.2, 0.25) is 0 Å². The molecule has 2 saturated heterocycles. The zero-order valence-electron chi connectivity index (χ0n) is 18.2. The standard InChI is InChI=1S/C25H29N3O3/c1-30-22-14-19-12-18(13-20(19)15-23(22)31-2)16-27-10-8-25(9-11-27)24(29)26-17-28(25)21-6-4-3-5-7-21/h3-7,12,14-15H,8-11,13,16-17H2,1-2H3,(H,26,29). The van der Waals surface area contributed by atoms with Gasteiger partial charge < -0.3 is 19.7 Å². The molecule has 0 aromatic heterocycles. The maximum absolute atomic E-state index is 12.8. The van der Waals surface area contributed by atoms with Crippen LogP contribution >= 0.6 is 0 Å². The van der Waals surface area contributed by atoms with Crippen LogP contribution in [0.4, 0.5) is 5.69 Å². The molecule has 1 aliphatic carbocycles. The number of fused-ring (bicyclic) bond motifs is 1. The number of hydrogen-bond donors (Lipinski definition) is 1. The van der Waals surface area contributed by atoms with Gasteiger partial charge in [-0.25, -0.2) is 0 Å². The molecule has 162 valence electrons. The van der Waals surface area contributed by atoms with Crippen LogP contribution in [0, 0.1) is 0 Å². The summed E-state index contributed by atoms with van der Waals surface area (Å²) in [6.45, 7) is 3.35. The van der Waals surface area contributed by atoms with E-state index in [4.69, 9.17) is 9.47 Å². The van der Waals surface area contributed by atoms with E-state index in [1.807, 2.05) is 18.2 Å². The number of para-hydroxylation sites is 1. The highest BCUT2D eigenvalue weighted by molar-refractivity contribution is 5.93. The molecule has 2 aromatic carbocycles. The van der Waals surface area contributed by atoms with E-state index < -0.39 is 5.54 Å². The van der Waals surface area contributed by atoms with Crippen LogP contribution in [-0.2, 0) is 11.2 Å². The molecule has 6 heteroatoms. The van der Waals surface area contributed by atoms with Gasteiger partial charge in [-0.1, -0.05) is 29.8 Å².